The fourth-order valence-corrected chi connectivity index (χ4v) is 2.59. The molecule has 2 atom stereocenters. The summed E-state index contributed by atoms with van der Waals surface area (Å²) < 4.78 is 20.1. The molecule has 5 nitrogen and oxygen atoms in total. The summed E-state index contributed by atoms with van der Waals surface area (Å²) in [5.74, 6) is 0.646. The monoisotopic (exact) mass is 330 g/mol. The average Bonchev–Trinajstić information content (AvgIpc) is 2.93. The largest absolute Gasteiger partial charge is 0.491 e. The first-order valence-electron chi connectivity index (χ1n) is 7.74. The molecule has 3 aromatic rings. The highest BCUT2D eigenvalue weighted by molar-refractivity contribution is 5.76. The zero-order valence-corrected chi connectivity index (χ0v) is 13.3. The molecule has 0 aliphatic heterocycles. The number of aliphatic hydroxyl groups excluding tert-OH is 2. The van der Waals surface area contributed by atoms with E-state index in [1.54, 1.807) is 11.5 Å². The van der Waals surface area contributed by atoms with Gasteiger partial charge in [0, 0.05) is 0 Å². The van der Waals surface area contributed by atoms with E-state index in [0.717, 1.165) is 11.0 Å². The van der Waals surface area contributed by atoms with Crippen molar-refractivity contribution in [3.8, 4) is 5.75 Å². The van der Waals surface area contributed by atoms with Crippen LogP contribution in [0.1, 0.15) is 18.9 Å². The van der Waals surface area contributed by atoms with E-state index < -0.39 is 12.2 Å². The van der Waals surface area contributed by atoms with Gasteiger partial charge in [0.25, 0.3) is 0 Å². The molecule has 126 valence electrons. The number of rotatable bonds is 6. The fourth-order valence-electron chi connectivity index (χ4n) is 2.59. The molecule has 2 N–H and O–H groups in total. The maximum absolute atomic E-state index is 12.9. The van der Waals surface area contributed by atoms with E-state index in [4.69, 9.17) is 4.74 Å². The van der Waals surface area contributed by atoms with Crippen LogP contribution in [0.15, 0.2) is 48.5 Å². The van der Waals surface area contributed by atoms with Crippen LogP contribution in [-0.2, 0) is 6.54 Å². The van der Waals surface area contributed by atoms with Crippen molar-refractivity contribution < 1.29 is 19.3 Å². The lowest BCUT2D eigenvalue weighted by molar-refractivity contribution is 0.0895. The van der Waals surface area contributed by atoms with Crippen LogP contribution in [0, 0.1) is 5.82 Å². The lowest BCUT2D eigenvalue weighted by Crippen LogP contribution is -2.25. The molecule has 0 aliphatic carbocycles. The first kappa shape index (κ1) is 16.4. The molecular formula is C18H19FN2O3. The number of benzene rings is 2. The molecule has 1 heterocycles. The summed E-state index contributed by atoms with van der Waals surface area (Å²) >= 11 is 0. The van der Waals surface area contributed by atoms with Gasteiger partial charge < -0.3 is 19.5 Å². The van der Waals surface area contributed by atoms with Gasteiger partial charge in [-0.15, -0.1) is 0 Å². The number of aliphatic hydroxyl groups is 2. The maximum Gasteiger partial charge on any atom is 0.138 e. The number of hydrogen-bond acceptors (Lipinski definition) is 4. The quantitative estimate of drug-likeness (QED) is 0.729. The molecule has 0 saturated carbocycles. The molecule has 2 unspecified atom stereocenters. The van der Waals surface area contributed by atoms with E-state index in [1.807, 2.05) is 24.3 Å². The van der Waals surface area contributed by atoms with Gasteiger partial charge in [-0.3, -0.25) is 0 Å². The van der Waals surface area contributed by atoms with Crippen molar-refractivity contribution in [1.82, 2.24) is 9.55 Å². The number of imidazole rings is 1. The number of para-hydroxylation sites is 2. The summed E-state index contributed by atoms with van der Waals surface area (Å²) in [6.07, 6.45) is -1.55. The summed E-state index contributed by atoms with van der Waals surface area (Å²) in [6, 6.07) is 13.1. The third kappa shape index (κ3) is 3.55. The number of ether oxygens (including phenoxy) is 1. The van der Waals surface area contributed by atoms with Crippen molar-refractivity contribution >= 4 is 11.0 Å². The van der Waals surface area contributed by atoms with Gasteiger partial charge in [-0.25, -0.2) is 9.37 Å². The second-order valence-corrected chi connectivity index (χ2v) is 5.66. The summed E-state index contributed by atoms with van der Waals surface area (Å²) in [7, 11) is 0. The normalized spacial score (nSPS) is 13.8. The molecule has 3 rings (SSSR count). The fraction of sp³-hybridized carbons (Fsp3) is 0.278. The van der Waals surface area contributed by atoms with Crippen molar-refractivity contribution in [1.29, 1.82) is 0 Å². The molecule has 0 saturated heterocycles. The molecule has 0 bridgehead atoms. The van der Waals surface area contributed by atoms with Gasteiger partial charge in [0.2, 0.25) is 0 Å². The Morgan fingerprint density at radius 3 is 2.54 bits per heavy atom. The van der Waals surface area contributed by atoms with E-state index in [9.17, 15) is 14.6 Å². The second kappa shape index (κ2) is 6.98. The van der Waals surface area contributed by atoms with Crippen LogP contribution >= 0.6 is 0 Å². The van der Waals surface area contributed by atoms with Gasteiger partial charge in [0.1, 0.15) is 36.2 Å². The van der Waals surface area contributed by atoms with E-state index in [-0.39, 0.29) is 19.0 Å². The van der Waals surface area contributed by atoms with Crippen LogP contribution < -0.4 is 4.74 Å². The molecule has 1 aromatic heterocycles. The SMILES string of the molecule is CC(O)c1nc2ccccc2n1CC(O)COc1ccc(F)cc1. The number of aromatic nitrogens is 2. The Hall–Kier alpha value is -2.44. The predicted octanol–water partition coefficient (Wildman–Crippen LogP) is 2.67. The van der Waals surface area contributed by atoms with Crippen LogP contribution in [0.2, 0.25) is 0 Å². The van der Waals surface area contributed by atoms with Gasteiger partial charge >= 0.3 is 0 Å². The van der Waals surface area contributed by atoms with Crippen molar-refractivity contribution in [2.45, 2.75) is 25.7 Å². The molecule has 2 aromatic carbocycles. The number of nitrogens with zero attached hydrogens (tertiary/aromatic N) is 2. The summed E-state index contributed by atoms with van der Waals surface area (Å²) in [6.45, 7) is 1.93. The van der Waals surface area contributed by atoms with Crippen LogP contribution in [0.25, 0.3) is 11.0 Å². The highest BCUT2D eigenvalue weighted by Crippen LogP contribution is 2.21. The van der Waals surface area contributed by atoms with Gasteiger partial charge in [-0.05, 0) is 43.3 Å². The maximum atomic E-state index is 12.9. The third-order valence-electron chi connectivity index (χ3n) is 3.71. The Balaban J connectivity index is 1.73. The number of hydrogen-bond donors (Lipinski definition) is 2. The zero-order valence-electron chi connectivity index (χ0n) is 13.3. The van der Waals surface area contributed by atoms with Crippen LogP contribution in [0.4, 0.5) is 4.39 Å². The Morgan fingerprint density at radius 1 is 1.12 bits per heavy atom. The van der Waals surface area contributed by atoms with E-state index in [1.165, 1.54) is 24.3 Å². The average molecular weight is 330 g/mol. The smallest absolute Gasteiger partial charge is 0.138 e. The minimum atomic E-state index is -0.801. The van der Waals surface area contributed by atoms with Crippen molar-refractivity contribution in [3.05, 3.63) is 60.2 Å². The zero-order chi connectivity index (χ0) is 17.1. The Morgan fingerprint density at radius 2 is 1.83 bits per heavy atom. The predicted molar refractivity (Wildman–Crippen MR) is 88.3 cm³/mol. The number of halogens is 1. The van der Waals surface area contributed by atoms with E-state index in [0.29, 0.717) is 11.6 Å². The van der Waals surface area contributed by atoms with Gasteiger partial charge in [0.05, 0.1) is 17.6 Å². The number of fused-ring (bicyclic) bond motifs is 1. The van der Waals surface area contributed by atoms with Gasteiger partial charge in [-0.2, -0.15) is 0 Å². The van der Waals surface area contributed by atoms with Crippen molar-refractivity contribution in [3.63, 3.8) is 0 Å². The molecule has 24 heavy (non-hydrogen) atoms. The Kier molecular flexibility index (Phi) is 4.78. The van der Waals surface area contributed by atoms with Crippen LogP contribution in [-0.4, -0.2) is 32.5 Å². The first-order chi connectivity index (χ1) is 11.5. The molecule has 0 fully saturated rings. The lowest BCUT2D eigenvalue weighted by Gasteiger charge is -2.16. The lowest BCUT2D eigenvalue weighted by atomic mass is 10.3. The first-order valence-corrected chi connectivity index (χ1v) is 7.74. The minimum Gasteiger partial charge on any atom is -0.491 e. The standard InChI is InChI=1S/C18H19FN2O3/c1-12(22)18-20-16-4-2-3-5-17(16)21(18)10-14(23)11-24-15-8-6-13(19)7-9-15/h2-9,12,14,22-23H,10-11H2,1H3. The molecular weight excluding hydrogens is 311 g/mol. The third-order valence-corrected chi connectivity index (χ3v) is 3.71. The summed E-state index contributed by atoms with van der Waals surface area (Å²) in [5, 5.41) is 20.2. The second-order valence-electron chi connectivity index (χ2n) is 5.66. The highest BCUT2D eigenvalue weighted by Gasteiger charge is 2.17. The molecule has 0 amide bonds. The Bertz CT molecular complexity index is 815. The van der Waals surface area contributed by atoms with Gasteiger partial charge in [0.15, 0.2) is 0 Å². The van der Waals surface area contributed by atoms with E-state index >= 15 is 0 Å². The van der Waals surface area contributed by atoms with Crippen LogP contribution in [0.5, 0.6) is 5.75 Å². The Labute approximate surface area is 139 Å². The summed E-state index contributed by atoms with van der Waals surface area (Å²) in [4.78, 5) is 4.41. The minimum absolute atomic E-state index is 0.0530. The summed E-state index contributed by atoms with van der Waals surface area (Å²) in [5.41, 5.74) is 1.61. The van der Waals surface area contributed by atoms with Gasteiger partial charge in [-0.1, -0.05) is 12.1 Å². The van der Waals surface area contributed by atoms with Crippen LogP contribution in [0.3, 0.4) is 0 Å². The van der Waals surface area contributed by atoms with Crippen molar-refractivity contribution in [2.75, 3.05) is 6.61 Å². The highest BCUT2D eigenvalue weighted by atomic mass is 19.1. The molecule has 6 heteroatoms. The molecule has 0 spiro atoms. The topological polar surface area (TPSA) is 67.5 Å². The van der Waals surface area contributed by atoms with E-state index in [2.05, 4.69) is 4.98 Å². The van der Waals surface area contributed by atoms with Crippen molar-refractivity contribution in [2.24, 2.45) is 0 Å². The molecule has 0 radical (unpaired) electrons. The molecule has 0 aliphatic rings.